The highest BCUT2D eigenvalue weighted by atomic mass is 32.2. The van der Waals surface area contributed by atoms with Gasteiger partial charge in [-0.15, -0.1) is 0 Å². The van der Waals surface area contributed by atoms with Crippen molar-refractivity contribution in [2.45, 2.75) is 13.8 Å². The number of rotatable bonds is 8. The summed E-state index contributed by atoms with van der Waals surface area (Å²) in [6, 6.07) is 0. The molecule has 0 aromatic carbocycles. The molecule has 0 aromatic rings. The summed E-state index contributed by atoms with van der Waals surface area (Å²) in [4.78, 5) is 10.3. The number of ether oxygens (including phenoxy) is 1. The summed E-state index contributed by atoms with van der Waals surface area (Å²) < 4.78 is 29.0. The predicted octanol–water partition coefficient (Wildman–Crippen LogP) is -0.241. The third kappa shape index (κ3) is 5.71. The second kappa shape index (κ2) is 6.76. The van der Waals surface area contributed by atoms with Gasteiger partial charge in [0.2, 0.25) is 10.0 Å². The van der Waals surface area contributed by atoms with Crippen LogP contribution >= 0.6 is 0 Å². The molecule has 7 heteroatoms. The Hall–Kier alpha value is -0.660. The molecular weight excluding hydrogens is 222 g/mol. The highest BCUT2D eigenvalue weighted by Crippen LogP contribution is 2.01. The number of sulfonamides is 1. The monoisotopic (exact) mass is 239 g/mol. The molecule has 0 aromatic heterocycles. The van der Waals surface area contributed by atoms with Crippen LogP contribution in [0.25, 0.3) is 0 Å². The van der Waals surface area contributed by atoms with Crippen LogP contribution in [0.2, 0.25) is 0 Å². The maximum Gasteiger partial charge on any atom is 0.320 e. The lowest BCUT2D eigenvalue weighted by molar-refractivity contribution is -0.134. The molecule has 0 aliphatic carbocycles. The highest BCUT2D eigenvalue weighted by Gasteiger charge is 2.23. The average molecular weight is 239 g/mol. The zero-order valence-electron chi connectivity index (χ0n) is 8.97. The van der Waals surface area contributed by atoms with Crippen molar-refractivity contribution in [1.29, 1.82) is 0 Å². The summed E-state index contributed by atoms with van der Waals surface area (Å²) in [5, 5.41) is 8.43. The van der Waals surface area contributed by atoms with Crippen LogP contribution in [0, 0.1) is 0 Å². The number of hydrogen-bond acceptors (Lipinski definition) is 4. The van der Waals surface area contributed by atoms with Crippen LogP contribution < -0.4 is 0 Å². The normalized spacial score (nSPS) is 11.9. The van der Waals surface area contributed by atoms with E-state index in [0.29, 0.717) is 6.61 Å². The lowest BCUT2D eigenvalue weighted by atomic mass is 10.6. The maximum absolute atomic E-state index is 11.5. The van der Waals surface area contributed by atoms with E-state index in [0.717, 1.165) is 4.31 Å². The molecule has 90 valence electrons. The minimum absolute atomic E-state index is 0.194. The maximum atomic E-state index is 11.5. The van der Waals surface area contributed by atoms with Crippen molar-refractivity contribution in [3.63, 3.8) is 0 Å². The van der Waals surface area contributed by atoms with Crippen LogP contribution in [0.3, 0.4) is 0 Å². The molecule has 0 atom stereocenters. The highest BCUT2D eigenvalue weighted by molar-refractivity contribution is 7.89. The number of aliphatic carboxylic acids is 1. The topological polar surface area (TPSA) is 83.9 Å². The first-order chi connectivity index (χ1) is 6.94. The van der Waals surface area contributed by atoms with E-state index in [4.69, 9.17) is 9.84 Å². The third-order valence-electron chi connectivity index (χ3n) is 1.74. The van der Waals surface area contributed by atoms with Crippen molar-refractivity contribution in [1.82, 2.24) is 4.31 Å². The summed E-state index contributed by atoms with van der Waals surface area (Å²) in [6.07, 6.45) is 0. The van der Waals surface area contributed by atoms with Gasteiger partial charge in [-0.2, -0.15) is 4.31 Å². The van der Waals surface area contributed by atoms with Gasteiger partial charge in [0.05, 0.1) is 6.61 Å². The summed E-state index contributed by atoms with van der Waals surface area (Å²) in [5.41, 5.74) is 0. The molecule has 0 bridgehead atoms. The zero-order chi connectivity index (χ0) is 11.9. The summed E-state index contributed by atoms with van der Waals surface area (Å²) in [6.45, 7) is 4.70. The molecule has 6 nitrogen and oxygen atoms in total. The molecule has 0 unspecified atom stereocenters. The Morgan fingerprint density at radius 2 is 2.00 bits per heavy atom. The molecule has 0 spiro atoms. The first-order valence-corrected chi connectivity index (χ1v) is 6.32. The van der Waals surface area contributed by atoms with E-state index in [-0.39, 0.29) is 19.7 Å². The van der Waals surface area contributed by atoms with Crippen LogP contribution in [0.15, 0.2) is 0 Å². The molecular formula is C8H17NO5S. The van der Waals surface area contributed by atoms with Crippen LogP contribution in [-0.4, -0.2) is 55.9 Å². The Kier molecular flexibility index (Phi) is 6.46. The van der Waals surface area contributed by atoms with Crippen LogP contribution in [0.4, 0.5) is 0 Å². The van der Waals surface area contributed by atoms with Crippen molar-refractivity contribution in [3.8, 4) is 0 Å². The summed E-state index contributed by atoms with van der Waals surface area (Å²) >= 11 is 0. The Balaban J connectivity index is 4.31. The minimum Gasteiger partial charge on any atom is -0.480 e. The average Bonchev–Trinajstić information content (AvgIpc) is 2.09. The number of hydrogen-bond donors (Lipinski definition) is 1. The van der Waals surface area contributed by atoms with Crippen molar-refractivity contribution < 1.29 is 23.1 Å². The van der Waals surface area contributed by atoms with Gasteiger partial charge in [0.25, 0.3) is 0 Å². The van der Waals surface area contributed by atoms with E-state index in [1.807, 2.05) is 6.92 Å². The number of likely N-dealkylation sites (N-methyl/N-ethyl adjacent to an activating group) is 1. The lowest BCUT2D eigenvalue weighted by Crippen LogP contribution is -2.37. The molecule has 1 N–H and O–H groups in total. The molecule has 0 fully saturated rings. The molecule has 0 aliphatic rings. The second-order valence-electron chi connectivity index (χ2n) is 2.84. The minimum atomic E-state index is -3.70. The first kappa shape index (κ1) is 14.3. The second-order valence-corrected chi connectivity index (χ2v) is 4.81. The largest absolute Gasteiger partial charge is 0.480 e. The van der Waals surface area contributed by atoms with Gasteiger partial charge in [0.1, 0.15) is 0 Å². The van der Waals surface area contributed by atoms with Gasteiger partial charge in [0, 0.05) is 19.7 Å². The number of carboxylic acids is 1. The van der Waals surface area contributed by atoms with Gasteiger partial charge < -0.3 is 9.84 Å². The van der Waals surface area contributed by atoms with E-state index in [1.165, 1.54) is 0 Å². The van der Waals surface area contributed by atoms with Gasteiger partial charge in [-0.25, -0.2) is 8.42 Å². The standard InChI is InChI=1S/C8H17NO5S/c1-3-9(5-6-14-4-2)15(12,13)7-8(10)11/h3-7H2,1-2H3,(H,10,11). The lowest BCUT2D eigenvalue weighted by Gasteiger charge is -2.18. The van der Waals surface area contributed by atoms with Crippen LogP contribution in [-0.2, 0) is 19.6 Å². The van der Waals surface area contributed by atoms with Gasteiger partial charge >= 0.3 is 5.97 Å². The van der Waals surface area contributed by atoms with E-state index in [1.54, 1.807) is 6.92 Å². The van der Waals surface area contributed by atoms with Crippen molar-refractivity contribution >= 4 is 16.0 Å². The van der Waals surface area contributed by atoms with Gasteiger partial charge in [-0.05, 0) is 6.92 Å². The Labute approximate surface area is 89.9 Å². The summed E-state index contributed by atoms with van der Waals surface area (Å²) in [7, 11) is -3.70. The van der Waals surface area contributed by atoms with Gasteiger partial charge in [-0.1, -0.05) is 6.92 Å². The van der Waals surface area contributed by atoms with E-state index < -0.39 is 21.7 Å². The molecule has 0 aliphatic heterocycles. The number of carboxylic acid groups (broad SMARTS) is 1. The van der Waals surface area contributed by atoms with Crippen molar-refractivity contribution in [3.05, 3.63) is 0 Å². The van der Waals surface area contributed by atoms with Crippen LogP contribution in [0.5, 0.6) is 0 Å². The van der Waals surface area contributed by atoms with Crippen molar-refractivity contribution in [2.24, 2.45) is 0 Å². The molecule has 0 amide bonds. The predicted molar refractivity (Wildman–Crippen MR) is 55.2 cm³/mol. The van der Waals surface area contributed by atoms with E-state index >= 15 is 0 Å². The Bertz CT molecular complexity index is 287. The molecule has 0 rings (SSSR count). The third-order valence-corrected chi connectivity index (χ3v) is 3.58. The fourth-order valence-corrected chi connectivity index (χ4v) is 2.29. The molecule has 0 saturated heterocycles. The first-order valence-electron chi connectivity index (χ1n) is 4.71. The Morgan fingerprint density at radius 1 is 1.40 bits per heavy atom. The molecule has 0 heterocycles. The molecule has 0 saturated carbocycles. The van der Waals surface area contributed by atoms with Crippen LogP contribution in [0.1, 0.15) is 13.8 Å². The van der Waals surface area contributed by atoms with E-state index in [9.17, 15) is 13.2 Å². The van der Waals surface area contributed by atoms with Crippen molar-refractivity contribution in [2.75, 3.05) is 32.1 Å². The summed E-state index contributed by atoms with van der Waals surface area (Å²) in [5.74, 6) is -2.21. The fraction of sp³-hybridized carbons (Fsp3) is 0.875. The Morgan fingerprint density at radius 3 is 2.40 bits per heavy atom. The number of carbonyl (C=O) groups is 1. The fourth-order valence-electron chi connectivity index (χ4n) is 1.05. The smallest absolute Gasteiger partial charge is 0.320 e. The van der Waals surface area contributed by atoms with Gasteiger partial charge in [-0.3, -0.25) is 4.79 Å². The van der Waals surface area contributed by atoms with Gasteiger partial charge in [0.15, 0.2) is 5.75 Å². The number of nitrogens with zero attached hydrogens (tertiary/aromatic N) is 1. The zero-order valence-corrected chi connectivity index (χ0v) is 9.79. The SMILES string of the molecule is CCOCCN(CC)S(=O)(=O)CC(=O)O. The quantitative estimate of drug-likeness (QED) is 0.591. The van der Waals surface area contributed by atoms with E-state index in [2.05, 4.69) is 0 Å². The molecule has 15 heavy (non-hydrogen) atoms. The molecule has 0 radical (unpaired) electrons.